The van der Waals surface area contributed by atoms with Crippen LogP contribution in [-0.4, -0.2) is 11.7 Å². The Morgan fingerprint density at radius 3 is 2.68 bits per heavy atom. The fourth-order valence-corrected chi connectivity index (χ4v) is 6.44. The van der Waals surface area contributed by atoms with Gasteiger partial charge in [0, 0.05) is 0 Å². The van der Waals surface area contributed by atoms with Crippen molar-refractivity contribution in [3.63, 3.8) is 0 Å². The normalized spacial score (nSPS) is 48.6. The van der Waals surface area contributed by atoms with Crippen LogP contribution in [0.1, 0.15) is 40.5 Å². The van der Waals surface area contributed by atoms with Crippen LogP contribution in [0.4, 0.5) is 0 Å². The Morgan fingerprint density at radius 1 is 1.27 bits per heavy atom. The predicted molar refractivity (Wildman–Crippen MR) is 91.2 cm³/mol. The van der Waals surface area contributed by atoms with Gasteiger partial charge in [0.2, 0.25) is 0 Å². The van der Waals surface area contributed by atoms with E-state index in [-0.39, 0.29) is 6.61 Å². The van der Waals surface area contributed by atoms with Crippen LogP contribution >= 0.6 is 0 Å². The molecule has 0 radical (unpaired) electrons. The van der Waals surface area contributed by atoms with Crippen LogP contribution in [-0.2, 0) is 0 Å². The minimum atomic E-state index is 0.227. The maximum Gasteiger partial charge on any atom is 0.0642 e. The lowest BCUT2D eigenvalue weighted by atomic mass is 9.65. The summed E-state index contributed by atoms with van der Waals surface area (Å²) in [6.07, 6.45) is 7.42. The van der Waals surface area contributed by atoms with Gasteiger partial charge in [0.15, 0.2) is 0 Å². The first-order chi connectivity index (χ1) is 10.4. The highest BCUT2D eigenvalue weighted by Crippen LogP contribution is 2.71. The van der Waals surface area contributed by atoms with Crippen molar-refractivity contribution in [2.45, 2.75) is 40.5 Å². The highest BCUT2D eigenvalue weighted by Gasteiger charge is 2.66. The maximum absolute atomic E-state index is 9.86. The van der Waals surface area contributed by atoms with Crippen LogP contribution < -0.4 is 0 Å². The highest BCUT2D eigenvalue weighted by atomic mass is 16.3. The Kier molecular flexibility index (Phi) is 3.08. The Bertz CT molecular complexity index is 579. The van der Waals surface area contributed by atoms with Gasteiger partial charge in [-0.25, -0.2) is 0 Å². The molecule has 2 saturated carbocycles. The third-order valence-electron chi connectivity index (χ3n) is 7.70. The lowest BCUT2D eigenvalue weighted by Gasteiger charge is -2.39. The number of fused-ring (bicyclic) bond motifs is 5. The molecule has 0 bridgehead atoms. The molecule has 4 aliphatic rings. The second kappa shape index (κ2) is 4.60. The molecule has 6 unspecified atom stereocenters. The van der Waals surface area contributed by atoms with Crippen molar-refractivity contribution < 1.29 is 5.11 Å². The van der Waals surface area contributed by atoms with Crippen molar-refractivity contribution in [1.82, 2.24) is 0 Å². The standard InChI is InChI=1S/C21H30O/c1-11-6-16-15(13(11)3)8-14(10-22)9-17-19(16)12(2)7-18-20(17)21(18,4)5/h6,9,12,15-20,22H,3,7-8,10H2,1-2,4-5H3/t12?,15?,16?,17-,18?,19?,20?/m1/s1. The predicted octanol–water partition coefficient (Wildman–Crippen LogP) is 4.60. The number of allylic oxidation sites excluding steroid dienone is 4. The smallest absolute Gasteiger partial charge is 0.0642 e. The molecule has 1 N–H and O–H groups in total. The fraction of sp³-hybridized carbons (Fsp3) is 0.714. The minimum Gasteiger partial charge on any atom is -0.392 e. The molecule has 4 aliphatic carbocycles. The molecular weight excluding hydrogens is 268 g/mol. The van der Waals surface area contributed by atoms with Gasteiger partial charge >= 0.3 is 0 Å². The van der Waals surface area contributed by atoms with Gasteiger partial charge in [0.05, 0.1) is 6.61 Å². The molecule has 120 valence electrons. The van der Waals surface area contributed by atoms with E-state index in [4.69, 9.17) is 0 Å². The topological polar surface area (TPSA) is 20.2 Å². The van der Waals surface area contributed by atoms with E-state index >= 15 is 0 Å². The van der Waals surface area contributed by atoms with Gasteiger partial charge in [-0.05, 0) is 77.8 Å². The molecule has 7 atom stereocenters. The SMILES string of the molecule is C=C1C(C)=CC2C1CC(CO)=C[C@@H]1C2C(C)CC2C1C2(C)C. The first-order valence-corrected chi connectivity index (χ1v) is 9.04. The summed E-state index contributed by atoms with van der Waals surface area (Å²) < 4.78 is 0. The summed E-state index contributed by atoms with van der Waals surface area (Å²) in [5.41, 5.74) is 4.49. The van der Waals surface area contributed by atoms with Crippen molar-refractivity contribution in [1.29, 1.82) is 0 Å². The van der Waals surface area contributed by atoms with Gasteiger partial charge in [0.1, 0.15) is 0 Å². The van der Waals surface area contributed by atoms with Crippen molar-refractivity contribution in [3.05, 3.63) is 35.5 Å². The van der Waals surface area contributed by atoms with E-state index in [1.165, 1.54) is 23.1 Å². The maximum atomic E-state index is 9.86. The molecule has 22 heavy (non-hydrogen) atoms. The zero-order valence-corrected chi connectivity index (χ0v) is 14.5. The molecule has 0 aromatic carbocycles. The van der Waals surface area contributed by atoms with Gasteiger partial charge in [-0.15, -0.1) is 0 Å². The molecule has 4 rings (SSSR count). The molecule has 0 heterocycles. The Labute approximate surface area is 135 Å². The summed E-state index contributed by atoms with van der Waals surface area (Å²) in [6, 6.07) is 0. The average molecular weight is 298 g/mol. The van der Waals surface area contributed by atoms with E-state index in [2.05, 4.69) is 46.4 Å². The molecule has 0 aromatic rings. The number of hydrogen-bond donors (Lipinski definition) is 1. The first-order valence-electron chi connectivity index (χ1n) is 9.04. The average Bonchev–Trinajstić information content (AvgIpc) is 2.96. The summed E-state index contributed by atoms with van der Waals surface area (Å²) in [5.74, 6) is 5.09. The molecule has 1 nitrogen and oxygen atoms in total. The number of aliphatic hydroxyl groups excluding tert-OH is 1. The molecule has 0 spiro atoms. The molecular formula is C21H30O. The van der Waals surface area contributed by atoms with Crippen molar-refractivity contribution in [2.24, 2.45) is 46.8 Å². The summed E-state index contributed by atoms with van der Waals surface area (Å²) in [4.78, 5) is 0. The van der Waals surface area contributed by atoms with E-state index in [1.807, 2.05) is 0 Å². The minimum absolute atomic E-state index is 0.227. The summed E-state index contributed by atoms with van der Waals surface area (Å²) in [7, 11) is 0. The van der Waals surface area contributed by atoms with Gasteiger partial charge in [-0.2, -0.15) is 0 Å². The zero-order valence-electron chi connectivity index (χ0n) is 14.5. The van der Waals surface area contributed by atoms with Crippen LogP contribution in [0.5, 0.6) is 0 Å². The van der Waals surface area contributed by atoms with Crippen LogP contribution in [0.15, 0.2) is 35.5 Å². The van der Waals surface area contributed by atoms with E-state index in [1.54, 1.807) is 0 Å². The largest absolute Gasteiger partial charge is 0.392 e. The zero-order chi connectivity index (χ0) is 15.8. The molecule has 2 fully saturated rings. The summed E-state index contributed by atoms with van der Waals surface area (Å²) in [5, 5.41) is 9.86. The second-order valence-corrected chi connectivity index (χ2v) is 9.07. The Balaban J connectivity index is 1.78. The Morgan fingerprint density at radius 2 is 2.00 bits per heavy atom. The summed E-state index contributed by atoms with van der Waals surface area (Å²) >= 11 is 0. The number of rotatable bonds is 1. The monoisotopic (exact) mass is 298 g/mol. The van der Waals surface area contributed by atoms with Crippen molar-refractivity contribution in [3.8, 4) is 0 Å². The van der Waals surface area contributed by atoms with Crippen LogP contribution in [0.25, 0.3) is 0 Å². The first kappa shape index (κ1) is 14.8. The van der Waals surface area contributed by atoms with E-state index < -0.39 is 0 Å². The number of aliphatic hydroxyl groups is 1. The second-order valence-electron chi connectivity index (χ2n) is 9.07. The third kappa shape index (κ3) is 1.81. The molecule has 0 aromatic heterocycles. The quantitative estimate of drug-likeness (QED) is 0.701. The van der Waals surface area contributed by atoms with Crippen LogP contribution in [0, 0.1) is 46.8 Å². The molecule has 0 amide bonds. The summed E-state index contributed by atoms with van der Waals surface area (Å²) in [6.45, 7) is 14.2. The molecule has 1 heteroatoms. The van der Waals surface area contributed by atoms with E-state index in [9.17, 15) is 5.11 Å². The van der Waals surface area contributed by atoms with Gasteiger partial charge < -0.3 is 5.11 Å². The van der Waals surface area contributed by atoms with Crippen molar-refractivity contribution in [2.75, 3.05) is 6.61 Å². The molecule has 0 aliphatic heterocycles. The van der Waals surface area contributed by atoms with Crippen LogP contribution in [0.2, 0.25) is 0 Å². The third-order valence-corrected chi connectivity index (χ3v) is 7.70. The van der Waals surface area contributed by atoms with E-state index in [0.29, 0.717) is 23.2 Å². The van der Waals surface area contributed by atoms with Gasteiger partial charge in [-0.1, -0.05) is 45.1 Å². The lowest BCUT2D eigenvalue weighted by molar-refractivity contribution is 0.127. The molecule has 0 saturated heterocycles. The Hall–Kier alpha value is -0.820. The van der Waals surface area contributed by atoms with E-state index in [0.717, 1.165) is 30.1 Å². The van der Waals surface area contributed by atoms with Gasteiger partial charge in [0.25, 0.3) is 0 Å². The van der Waals surface area contributed by atoms with Crippen LogP contribution in [0.3, 0.4) is 0 Å². The number of hydrogen-bond acceptors (Lipinski definition) is 1. The lowest BCUT2D eigenvalue weighted by Crippen LogP contribution is -2.34. The van der Waals surface area contributed by atoms with Gasteiger partial charge in [-0.3, -0.25) is 0 Å². The highest BCUT2D eigenvalue weighted by molar-refractivity contribution is 5.40. The van der Waals surface area contributed by atoms with Crippen molar-refractivity contribution >= 4 is 0 Å². The fourth-order valence-electron chi connectivity index (χ4n) is 6.44.